The van der Waals surface area contributed by atoms with Crippen LogP contribution in [0.3, 0.4) is 0 Å². The molecule has 2 aromatic carbocycles. The highest BCUT2D eigenvalue weighted by Crippen LogP contribution is 2.18. The molecule has 0 heterocycles. The summed E-state index contributed by atoms with van der Waals surface area (Å²) in [5.74, 6) is 0.914. The first kappa shape index (κ1) is 22.9. The first-order valence-electron chi connectivity index (χ1n) is 9.88. The topological polar surface area (TPSA) is 84.5 Å². The maximum absolute atomic E-state index is 12.5. The third kappa shape index (κ3) is 7.18. The largest absolute Gasteiger partial charge is 0.494 e. The van der Waals surface area contributed by atoms with Crippen molar-refractivity contribution in [1.82, 2.24) is 4.72 Å². The van der Waals surface area contributed by atoms with Crippen LogP contribution < -0.4 is 14.8 Å². The van der Waals surface area contributed by atoms with Crippen LogP contribution in [0.15, 0.2) is 53.4 Å². The molecule has 0 saturated carbocycles. The molecular weight excluding hydrogens is 388 g/mol. The van der Waals surface area contributed by atoms with E-state index >= 15 is 0 Å². The number of nitrogens with one attached hydrogen (secondary N) is 2. The Kier molecular flexibility index (Phi) is 8.22. The van der Waals surface area contributed by atoms with E-state index in [9.17, 15) is 13.2 Å². The van der Waals surface area contributed by atoms with Gasteiger partial charge >= 0.3 is 0 Å². The van der Waals surface area contributed by atoms with Gasteiger partial charge in [-0.1, -0.05) is 26.8 Å². The van der Waals surface area contributed by atoms with Crippen LogP contribution in [0.25, 0.3) is 0 Å². The zero-order valence-electron chi connectivity index (χ0n) is 17.4. The summed E-state index contributed by atoms with van der Waals surface area (Å²) in [5.41, 5.74) is 0.991. The van der Waals surface area contributed by atoms with Gasteiger partial charge in [-0.05, 0) is 68.1 Å². The van der Waals surface area contributed by atoms with Crippen LogP contribution in [0.1, 0.15) is 50.9 Å². The number of carbonyl (C=O) groups excluding carboxylic acids is 1. The Balaban J connectivity index is 2.02. The summed E-state index contributed by atoms with van der Waals surface area (Å²) >= 11 is 0. The fourth-order valence-electron chi connectivity index (χ4n) is 2.48. The average molecular weight is 419 g/mol. The second-order valence-corrected chi connectivity index (χ2v) is 9.18. The lowest BCUT2D eigenvalue weighted by molar-refractivity contribution is 0.102. The minimum atomic E-state index is -3.57. The molecule has 0 spiro atoms. The summed E-state index contributed by atoms with van der Waals surface area (Å²) in [5, 5.41) is 2.78. The van der Waals surface area contributed by atoms with E-state index in [4.69, 9.17) is 4.74 Å². The smallest absolute Gasteiger partial charge is 0.255 e. The highest BCUT2D eigenvalue weighted by Gasteiger charge is 2.16. The second-order valence-electron chi connectivity index (χ2n) is 7.47. The Morgan fingerprint density at radius 3 is 2.38 bits per heavy atom. The number of hydrogen-bond donors (Lipinski definition) is 2. The molecule has 29 heavy (non-hydrogen) atoms. The lowest BCUT2D eigenvalue weighted by atomic mass is 10.1. The van der Waals surface area contributed by atoms with E-state index in [0.717, 1.165) is 6.42 Å². The van der Waals surface area contributed by atoms with Gasteiger partial charge in [-0.3, -0.25) is 4.79 Å². The zero-order chi connectivity index (χ0) is 21.4. The van der Waals surface area contributed by atoms with Gasteiger partial charge in [-0.15, -0.1) is 0 Å². The normalized spacial score (nSPS) is 12.6. The number of sulfonamides is 1. The van der Waals surface area contributed by atoms with Crippen molar-refractivity contribution in [1.29, 1.82) is 0 Å². The van der Waals surface area contributed by atoms with Crippen molar-refractivity contribution in [3.05, 3.63) is 54.1 Å². The van der Waals surface area contributed by atoms with Crippen molar-refractivity contribution >= 4 is 21.6 Å². The van der Waals surface area contributed by atoms with Gasteiger partial charge in [0.05, 0.1) is 11.5 Å². The molecule has 0 fully saturated rings. The quantitative estimate of drug-likeness (QED) is 0.597. The zero-order valence-corrected chi connectivity index (χ0v) is 18.3. The molecule has 2 aromatic rings. The predicted molar refractivity (Wildman–Crippen MR) is 116 cm³/mol. The maximum Gasteiger partial charge on any atom is 0.255 e. The average Bonchev–Trinajstić information content (AvgIpc) is 2.68. The summed E-state index contributed by atoms with van der Waals surface area (Å²) in [6, 6.07) is 13.0. The van der Waals surface area contributed by atoms with E-state index in [1.807, 2.05) is 19.9 Å². The Hall–Kier alpha value is -2.38. The molecule has 2 N–H and O–H groups in total. The summed E-state index contributed by atoms with van der Waals surface area (Å²) < 4.78 is 32.9. The molecule has 0 aliphatic heterocycles. The molecule has 1 amide bonds. The lowest BCUT2D eigenvalue weighted by Crippen LogP contribution is -2.31. The monoisotopic (exact) mass is 418 g/mol. The van der Waals surface area contributed by atoms with Crippen LogP contribution in [0.4, 0.5) is 5.69 Å². The SMILES string of the molecule is CCC(C)NS(=O)(=O)c1ccc(NC(=O)c2cccc(OCCC(C)C)c2)cc1. The number of anilines is 1. The molecule has 1 atom stereocenters. The van der Waals surface area contributed by atoms with E-state index in [1.54, 1.807) is 30.3 Å². The summed E-state index contributed by atoms with van der Waals surface area (Å²) in [4.78, 5) is 12.7. The van der Waals surface area contributed by atoms with Gasteiger partial charge in [0.25, 0.3) is 5.91 Å². The van der Waals surface area contributed by atoms with Gasteiger partial charge in [-0.2, -0.15) is 0 Å². The third-order valence-electron chi connectivity index (χ3n) is 4.45. The summed E-state index contributed by atoms with van der Waals surface area (Å²) in [6.07, 6.45) is 1.64. The van der Waals surface area contributed by atoms with E-state index in [1.165, 1.54) is 12.1 Å². The second kappa shape index (κ2) is 10.4. The Morgan fingerprint density at radius 2 is 1.76 bits per heavy atom. The van der Waals surface area contributed by atoms with Crippen molar-refractivity contribution in [2.75, 3.05) is 11.9 Å². The van der Waals surface area contributed by atoms with Crippen molar-refractivity contribution in [2.24, 2.45) is 5.92 Å². The number of benzene rings is 2. The number of carbonyl (C=O) groups is 1. The Labute approximate surface area is 173 Å². The fraction of sp³-hybridized carbons (Fsp3) is 0.409. The van der Waals surface area contributed by atoms with Gasteiger partial charge < -0.3 is 10.1 Å². The number of rotatable bonds is 10. The third-order valence-corrected chi connectivity index (χ3v) is 6.06. The van der Waals surface area contributed by atoms with Crippen LogP contribution in [0.5, 0.6) is 5.75 Å². The number of ether oxygens (including phenoxy) is 1. The van der Waals surface area contributed by atoms with E-state index in [2.05, 4.69) is 23.9 Å². The van der Waals surface area contributed by atoms with Crippen molar-refractivity contribution in [2.45, 2.75) is 51.5 Å². The molecule has 7 heteroatoms. The summed E-state index contributed by atoms with van der Waals surface area (Å²) in [6.45, 7) is 8.58. The van der Waals surface area contributed by atoms with Crippen LogP contribution in [0, 0.1) is 5.92 Å². The van der Waals surface area contributed by atoms with Crippen molar-refractivity contribution < 1.29 is 17.9 Å². The van der Waals surface area contributed by atoms with Crippen molar-refractivity contribution in [3.8, 4) is 5.75 Å². The Bertz CT molecular complexity index is 909. The van der Waals surface area contributed by atoms with Crippen molar-refractivity contribution in [3.63, 3.8) is 0 Å². The van der Waals surface area contributed by atoms with Crippen LogP contribution >= 0.6 is 0 Å². The van der Waals surface area contributed by atoms with E-state index < -0.39 is 10.0 Å². The lowest BCUT2D eigenvalue weighted by Gasteiger charge is -2.13. The molecule has 0 radical (unpaired) electrons. The standard InChI is InChI=1S/C22H30N2O4S/c1-5-17(4)24-29(26,27)21-11-9-19(10-12-21)23-22(25)18-7-6-8-20(15-18)28-14-13-16(2)3/h6-12,15-17,24H,5,13-14H2,1-4H3,(H,23,25). The minimum absolute atomic E-state index is 0.144. The molecule has 158 valence electrons. The Morgan fingerprint density at radius 1 is 1.07 bits per heavy atom. The first-order chi connectivity index (χ1) is 13.7. The van der Waals surface area contributed by atoms with E-state index in [-0.39, 0.29) is 16.8 Å². The van der Waals surface area contributed by atoms with Gasteiger partial charge in [-0.25, -0.2) is 13.1 Å². The molecular formula is C22H30N2O4S. The highest BCUT2D eigenvalue weighted by molar-refractivity contribution is 7.89. The molecule has 0 aliphatic rings. The van der Waals surface area contributed by atoms with Gasteiger partial charge in [0.2, 0.25) is 10.0 Å². The number of hydrogen-bond acceptors (Lipinski definition) is 4. The maximum atomic E-state index is 12.5. The fourth-order valence-corrected chi connectivity index (χ4v) is 3.80. The minimum Gasteiger partial charge on any atom is -0.494 e. The molecule has 2 rings (SSSR count). The molecule has 0 saturated heterocycles. The van der Waals surface area contributed by atoms with E-state index in [0.29, 0.717) is 35.9 Å². The number of amides is 1. The van der Waals surface area contributed by atoms with Gasteiger partial charge in [0.1, 0.15) is 5.75 Å². The highest BCUT2D eigenvalue weighted by atomic mass is 32.2. The molecule has 1 unspecified atom stereocenters. The summed E-state index contributed by atoms with van der Waals surface area (Å²) in [7, 11) is -3.57. The molecule has 0 bridgehead atoms. The van der Waals surface area contributed by atoms with Gasteiger partial charge in [0.15, 0.2) is 0 Å². The predicted octanol–water partition coefficient (Wildman–Crippen LogP) is 4.44. The molecule has 0 aliphatic carbocycles. The van der Waals surface area contributed by atoms with Crippen LogP contribution in [-0.4, -0.2) is 27.0 Å². The van der Waals surface area contributed by atoms with Crippen LogP contribution in [-0.2, 0) is 10.0 Å². The molecule has 6 nitrogen and oxygen atoms in total. The van der Waals surface area contributed by atoms with Crippen LogP contribution in [0.2, 0.25) is 0 Å². The van der Waals surface area contributed by atoms with Gasteiger partial charge in [0, 0.05) is 17.3 Å². The molecule has 0 aromatic heterocycles. The first-order valence-corrected chi connectivity index (χ1v) is 11.4.